The SMILES string of the molecule is COc1ccccc1N1CCN(CC(=O)N(C)Cc2ccc(C)o2)CC1. The number of piperazine rings is 1. The van der Waals surface area contributed by atoms with Gasteiger partial charge in [-0.25, -0.2) is 0 Å². The van der Waals surface area contributed by atoms with E-state index in [1.807, 2.05) is 44.3 Å². The molecule has 0 atom stereocenters. The number of likely N-dealkylation sites (N-methyl/N-ethyl adjacent to an activating group) is 1. The zero-order valence-corrected chi connectivity index (χ0v) is 15.8. The third-order valence-corrected chi connectivity index (χ3v) is 4.77. The molecule has 0 aliphatic carbocycles. The van der Waals surface area contributed by atoms with Crippen molar-refractivity contribution in [3.8, 4) is 5.75 Å². The highest BCUT2D eigenvalue weighted by Gasteiger charge is 2.22. The number of amides is 1. The van der Waals surface area contributed by atoms with E-state index < -0.39 is 0 Å². The first-order chi connectivity index (χ1) is 12.6. The van der Waals surface area contributed by atoms with E-state index in [4.69, 9.17) is 9.15 Å². The maximum absolute atomic E-state index is 12.5. The standard InChI is InChI=1S/C20H27N3O3/c1-16-8-9-17(26-16)14-21(2)20(24)15-22-10-12-23(13-11-22)18-6-4-5-7-19(18)25-3/h4-9H,10-15H2,1-3H3. The Balaban J connectivity index is 1.49. The number of aryl methyl sites for hydroxylation is 1. The molecule has 1 saturated heterocycles. The summed E-state index contributed by atoms with van der Waals surface area (Å²) in [5.74, 6) is 2.70. The normalized spacial score (nSPS) is 15.1. The summed E-state index contributed by atoms with van der Waals surface area (Å²) in [6, 6.07) is 11.9. The van der Waals surface area contributed by atoms with Crippen molar-refractivity contribution in [1.82, 2.24) is 9.80 Å². The first-order valence-electron chi connectivity index (χ1n) is 8.96. The highest BCUT2D eigenvalue weighted by atomic mass is 16.5. The van der Waals surface area contributed by atoms with E-state index in [1.165, 1.54) is 0 Å². The highest BCUT2D eigenvalue weighted by molar-refractivity contribution is 5.78. The van der Waals surface area contributed by atoms with E-state index in [1.54, 1.807) is 12.0 Å². The number of benzene rings is 1. The first-order valence-corrected chi connectivity index (χ1v) is 8.96. The molecule has 1 aromatic heterocycles. The van der Waals surface area contributed by atoms with Crippen LogP contribution in [0.2, 0.25) is 0 Å². The lowest BCUT2D eigenvalue weighted by Gasteiger charge is -2.36. The topological polar surface area (TPSA) is 49.2 Å². The van der Waals surface area contributed by atoms with Crippen LogP contribution in [0.4, 0.5) is 5.69 Å². The summed E-state index contributed by atoms with van der Waals surface area (Å²) < 4.78 is 11.0. The number of furan rings is 1. The van der Waals surface area contributed by atoms with Gasteiger partial charge in [0.15, 0.2) is 0 Å². The maximum atomic E-state index is 12.5. The van der Waals surface area contributed by atoms with Crippen LogP contribution in [-0.4, -0.2) is 62.6 Å². The summed E-state index contributed by atoms with van der Waals surface area (Å²) >= 11 is 0. The minimum Gasteiger partial charge on any atom is -0.495 e. The zero-order chi connectivity index (χ0) is 18.5. The van der Waals surface area contributed by atoms with Crippen LogP contribution in [0, 0.1) is 6.92 Å². The predicted octanol–water partition coefficient (Wildman–Crippen LogP) is 2.38. The van der Waals surface area contributed by atoms with Gasteiger partial charge in [-0.1, -0.05) is 12.1 Å². The fourth-order valence-electron chi connectivity index (χ4n) is 3.24. The van der Waals surface area contributed by atoms with Crippen LogP contribution in [0.1, 0.15) is 11.5 Å². The van der Waals surface area contributed by atoms with E-state index in [9.17, 15) is 4.79 Å². The summed E-state index contributed by atoms with van der Waals surface area (Å²) in [4.78, 5) is 18.7. The van der Waals surface area contributed by atoms with Crippen molar-refractivity contribution in [2.45, 2.75) is 13.5 Å². The number of carbonyl (C=O) groups is 1. The van der Waals surface area contributed by atoms with Crippen LogP contribution >= 0.6 is 0 Å². The summed E-state index contributed by atoms with van der Waals surface area (Å²) in [6.07, 6.45) is 0. The molecule has 1 fully saturated rings. The summed E-state index contributed by atoms with van der Waals surface area (Å²) in [5, 5.41) is 0. The molecule has 0 spiro atoms. The van der Waals surface area contributed by atoms with Crippen LogP contribution < -0.4 is 9.64 Å². The molecule has 2 aromatic rings. The average Bonchev–Trinajstić information content (AvgIpc) is 3.07. The molecule has 0 bridgehead atoms. The van der Waals surface area contributed by atoms with Gasteiger partial charge in [-0.15, -0.1) is 0 Å². The van der Waals surface area contributed by atoms with Gasteiger partial charge in [0.25, 0.3) is 0 Å². The van der Waals surface area contributed by atoms with Crippen LogP contribution in [0.25, 0.3) is 0 Å². The molecule has 6 nitrogen and oxygen atoms in total. The Morgan fingerprint density at radius 2 is 1.88 bits per heavy atom. The molecular weight excluding hydrogens is 330 g/mol. The molecule has 1 amide bonds. The second kappa shape index (κ2) is 8.27. The Labute approximate surface area is 154 Å². The summed E-state index contributed by atoms with van der Waals surface area (Å²) in [7, 11) is 3.52. The molecule has 1 aromatic carbocycles. The minimum absolute atomic E-state index is 0.116. The third-order valence-electron chi connectivity index (χ3n) is 4.77. The van der Waals surface area contributed by atoms with Crippen LogP contribution in [0.5, 0.6) is 5.75 Å². The van der Waals surface area contributed by atoms with Crippen LogP contribution in [0.3, 0.4) is 0 Å². The van der Waals surface area contributed by atoms with Crippen molar-refractivity contribution < 1.29 is 13.9 Å². The molecule has 6 heteroatoms. The Kier molecular flexibility index (Phi) is 5.83. The fraction of sp³-hybridized carbons (Fsp3) is 0.450. The zero-order valence-electron chi connectivity index (χ0n) is 15.8. The molecule has 3 rings (SSSR count). The van der Waals surface area contributed by atoms with Gasteiger partial charge < -0.3 is 19.0 Å². The molecule has 140 valence electrons. The number of para-hydroxylation sites is 2. The van der Waals surface area contributed by atoms with E-state index in [-0.39, 0.29) is 5.91 Å². The van der Waals surface area contributed by atoms with Crippen molar-refractivity contribution in [2.75, 3.05) is 51.8 Å². The van der Waals surface area contributed by atoms with Crippen molar-refractivity contribution in [3.05, 3.63) is 47.9 Å². The van der Waals surface area contributed by atoms with E-state index in [0.717, 1.165) is 49.1 Å². The average molecular weight is 357 g/mol. The van der Waals surface area contributed by atoms with Crippen molar-refractivity contribution in [1.29, 1.82) is 0 Å². The lowest BCUT2D eigenvalue weighted by atomic mass is 10.2. The Hall–Kier alpha value is -2.47. The van der Waals surface area contributed by atoms with Crippen LogP contribution in [-0.2, 0) is 11.3 Å². The maximum Gasteiger partial charge on any atom is 0.236 e. The molecule has 0 saturated carbocycles. The number of rotatable bonds is 6. The minimum atomic E-state index is 0.116. The van der Waals surface area contributed by atoms with Gasteiger partial charge in [-0.05, 0) is 31.2 Å². The monoisotopic (exact) mass is 357 g/mol. The Bertz CT molecular complexity index is 735. The second-order valence-electron chi connectivity index (χ2n) is 6.70. The van der Waals surface area contributed by atoms with Gasteiger partial charge in [0.2, 0.25) is 5.91 Å². The van der Waals surface area contributed by atoms with Gasteiger partial charge in [-0.3, -0.25) is 9.69 Å². The number of nitrogens with zero attached hydrogens (tertiary/aromatic N) is 3. The molecule has 0 unspecified atom stereocenters. The Morgan fingerprint density at radius 1 is 1.15 bits per heavy atom. The van der Waals surface area contributed by atoms with Gasteiger partial charge in [0.1, 0.15) is 17.3 Å². The van der Waals surface area contributed by atoms with Crippen molar-refractivity contribution >= 4 is 11.6 Å². The number of anilines is 1. The van der Waals surface area contributed by atoms with Crippen LogP contribution in [0.15, 0.2) is 40.8 Å². The largest absolute Gasteiger partial charge is 0.495 e. The highest BCUT2D eigenvalue weighted by Crippen LogP contribution is 2.28. The number of hydrogen-bond donors (Lipinski definition) is 0. The molecule has 2 heterocycles. The Morgan fingerprint density at radius 3 is 2.54 bits per heavy atom. The number of ether oxygens (including phenoxy) is 1. The van der Waals surface area contributed by atoms with Crippen molar-refractivity contribution in [3.63, 3.8) is 0 Å². The van der Waals surface area contributed by atoms with E-state index in [2.05, 4.69) is 15.9 Å². The first kappa shape index (κ1) is 18.3. The van der Waals surface area contributed by atoms with E-state index in [0.29, 0.717) is 13.1 Å². The molecule has 0 N–H and O–H groups in total. The smallest absolute Gasteiger partial charge is 0.236 e. The molecule has 1 aliphatic rings. The molecular formula is C20H27N3O3. The van der Waals surface area contributed by atoms with Gasteiger partial charge in [0.05, 0.1) is 25.9 Å². The fourth-order valence-corrected chi connectivity index (χ4v) is 3.24. The second-order valence-corrected chi connectivity index (χ2v) is 6.70. The van der Waals surface area contributed by atoms with Crippen molar-refractivity contribution in [2.24, 2.45) is 0 Å². The number of methoxy groups -OCH3 is 1. The summed E-state index contributed by atoms with van der Waals surface area (Å²) in [5.41, 5.74) is 1.12. The van der Waals surface area contributed by atoms with Gasteiger partial charge in [0, 0.05) is 33.2 Å². The van der Waals surface area contributed by atoms with Gasteiger partial charge in [-0.2, -0.15) is 0 Å². The molecule has 0 radical (unpaired) electrons. The number of carbonyl (C=O) groups excluding carboxylic acids is 1. The van der Waals surface area contributed by atoms with E-state index >= 15 is 0 Å². The quantitative estimate of drug-likeness (QED) is 0.794. The predicted molar refractivity (Wildman–Crippen MR) is 102 cm³/mol. The lowest BCUT2D eigenvalue weighted by molar-refractivity contribution is -0.132. The molecule has 26 heavy (non-hydrogen) atoms. The molecule has 1 aliphatic heterocycles. The third kappa shape index (κ3) is 4.38. The number of hydrogen-bond acceptors (Lipinski definition) is 5. The lowest BCUT2D eigenvalue weighted by Crippen LogP contribution is -2.49. The van der Waals surface area contributed by atoms with Gasteiger partial charge >= 0.3 is 0 Å². The summed E-state index contributed by atoms with van der Waals surface area (Å²) in [6.45, 7) is 6.34.